The van der Waals surface area contributed by atoms with Gasteiger partial charge in [0.25, 0.3) is 11.5 Å². The molecule has 0 unspecified atom stereocenters. The molecule has 1 N–H and O–H groups in total. The molecule has 5 aromatic rings. The van der Waals surface area contributed by atoms with Gasteiger partial charge in [-0.25, -0.2) is 4.39 Å². The zero-order valence-electron chi connectivity index (χ0n) is 19.2. The fraction of sp³-hybridized carbons (Fsp3) is 0.0714. The van der Waals surface area contributed by atoms with E-state index in [4.69, 9.17) is 0 Å². The number of rotatable bonds is 7. The van der Waals surface area contributed by atoms with E-state index in [1.165, 1.54) is 36.4 Å². The van der Waals surface area contributed by atoms with Gasteiger partial charge < -0.3 is 5.32 Å². The molecule has 0 saturated heterocycles. The molecule has 8 heteroatoms. The fourth-order valence-electron chi connectivity index (χ4n) is 3.89. The van der Waals surface area contributed by atoms with Crippen LogP contribution in [-0.2, 0) is 13.1 Å². The quantitative estimate of drug-likeness (QED) is 0.379. The van der Waals surface area contributed by atoms with Crippen molar-refractivity contribution in [3.05, 3.63) is 136 Å². The molecule has 0 fully saturated rings. The second-order valence-electron chi connectivity index (χ2n) is 8.19. The van der Waals surface area contributed by atoms with E-state index in [-0.39, 0.29) is 12.2 Å². The Morgan fingerprint density at radius 1 is 0.889 bits per heavy atom. The van der Waals surface area contributed by atoms with E-state index in [1.807, 2.05) is 41.2 Å². The zero-order valence-corrected chi connectivity index (χ0v) is 19.2. The van der Waals surface area contributed by atoms with Crippen LogP contribution in [0.25, 0.3) is 16.8 Å². The van der Waals surface area contributed by atoms with Gasteiger partial charge in [0, 0.05) is 25.0 Å². The maximum absolute atomic E-state index is 13.2. The molecule has 7 nitrogen and oxygen atoms in total. The number of nitrogens with zero attached hydrogens (tertiary/aromatic N) is 4. The monoisotopic (exact) mass is 479 g/mol. The average molecular weight is 480 g/mol. The third-order valence-electron chi connectivity index (χ3n) is 5.73. The van der Waals surface area contributed by atoms with Crippen molar-refractivity contribution < 1.29 is 9.18 Å². The lowest BCUT2D eigenvalue weighted by atomic mass is 9.98. The molecule has 0 bridgehead atoms. The number of nitrogens with one attached hydrogen (secondary N) is 1. The first-order chi connectivity index (χ1) is 17.6. The number of carbonyl (C=O) groups excluding carboxylic acids is 1. The fourth-order valence-corrected chi connectivity index (χ4v) is 3.89. The second-order valence-corrected chi connectivity index (χ2v) is 8.19. The second kappa shape index (κ2) is 10.2. The molecule has 0 aliphatic carbocycles. The molecule has 0 aliphatic heterocycles. The van der Waals surface area contributed by atoms with Crippen LogP contribution < -0.4 is 10.9 Å². The number of amides is 1. The van der Waals surface area contributed by atoms with Gasteiger partial charge in [-0.1, -0.05) is 48.5 Å². The standard InChI is InChI=1S/C28H22FN5O2/c29-23-10-12-24(13-11-23)34-27(35)15-14-26(32-34)28(36)30-18-22-4-1-2-5-25(22)21-8-6-20(7-9-21)19-33-17-3-16-31-33/h1-17H,18-19H2,(H,30,36). The summed E-state index contributed by atoms with van der Waals surface area (Å²) in [5, 5.41) is 11.3. The van der Waals surface area contributed by atoms with Gasteiger partial charge in [-0.3, -0.25) is 14.3 Å². The van der Waals surface area contributed by atoms with Crippen LogP contribution in [0.3, 0.4) is 0 Å². The summed E-state index contributed by atoms with van der Waals surface area (Å²) < 4.78 is 16.2. The van der Waals surface area contributed by atoms with Crippen molar-refractivity contribution >= 4 is 5.91 Å². The summed E-state index contributed by atoms with van der Waals surface area (Å²) in [5.41, 5.74) is 4.16. The molecular weight excluding hydrogens is 457 g/mol. The molecule has 2 heterocycles. The summed E-state index contributed by atoms with van der Waals surface area (Å²) in [4.78, 5) is 25.1. The first-order valence-electron chi connectivity index (χ1n) is 11.4. The van der Waals surface area contributed by atoms with Crippen LogP contribution in [0.5, 0.6) is 0 Å². The van der Waals surface area contributed by atoms with Crippen LogP contribution in [0, 0.1) is 5.82 Å². The first kappa shape index (κ1) is 22.9. The number of benzene rings is 3. The van der Waals surface area contributed by atoms with Crippen LogP contribution in [0.4, 0.5) is 4.39 Å². The summed E-state index contributed by atoms with van der Waals surface area (Å²) in [6, 6.07) is 26.0. The van der Waals surface area contributed by atoms with Crippen molar-refractivity contribution in [2.45, 2.75) is 13.1 Å². The predicted octanol–water partition coefficient (Wildman–Crippen LogP) is 4.21. The third kappa shape index (κ3) is 5.12. The van der Waals surface area contributed by atoms with E-state index in [2.05, 4.69) is 39.8 Å². The Morgan fingerprint density at radius 3 is 2.42 bits per heavy atom. The minimum Gasteiger partial charge on any atom is -0.347 e. The molecule has 0 atom stereocenters. The number of carbonyl (C=O) groups is 1. The van der Waals surface area contributed by atoms with Gasteiger partial charge in [-0.15, -0.1) is 0 Å². The number of hydrogen-bond donors (Lipinski definition) is 1. The Hall–Kier alpha value is -4.85. The molecular formula is C28H22FN5O2. The van der Waals surface area contributed by atoms with Gasteiger partial charge >= 0.3 is 0 Å². The summed E-state index contributed by atoms with van der Waals surface area (Å²) >= 11 is 0. The van der Waals surface area contributed by atoms with Crippen LogP contribution in [0.1, 0.15) is 21.6 Å². The first-order valence-corrected chi connectivity index (χ1v) is 11.4. The Kier molecular flexibility index (Phi) is 6.48. The number of aromatic nitrogens is 4. The van der Waals surface area contributed by atoms with Crippen molar-refractivity contribution in [2.75, 3.05) is 0 Å². The lowest BCUT2D eigenvalue weighted by Crippen LogP contribution is -2.28. The molecule has 3 aromatic carbocycles. The average Bonchev–Trinajstić information content (AvgIpc) is 3.42. The minimum absolute atomic E-state index is 0.0828. The smallest absolute Gasteiger partial charge is 0.272 e. The molecule has 0 spiro atoms. The van der Waals surface area contributed by atoms with E-state index in [9.17, 15) is 14.0 Å². The highest BCUT2D eigenvalue weighted by Gasteiger charge is 2.12. The Bertz CT molecular complexity index is 1540. The normalized spacial score (nSPS) is 10.8. The summed E-state index contributed by atoms with van der Waals surface area (Å²) in [6.45, 7) is 0.972. The highest BCUT2D eigenvalue weighted by atomic mass is 19.1. The van der Waals surface area contributed by atoms with Crippen molar-refractivity contribution in [2.24, 2.45) is 0 Å². The largest absolute Gasteiger partial charge is 0.347 e. The molecule has 2 aromatic heterocycles. The van der Waals surface area contributed by atoms with Gasteiger partial charge in [0.2, 0.25) is 0 Å². The summed E-state index contributed by atoms with van der Waals surface area (Å²) in [5.74, 6) is -0.845. The van der Waals surface area contributed by atoms with E-state index in [0.29, 0.717) is 12.2 Å². The Morgan fingerprint density at radius 2 is 1.67 bits per heavy atom. The van der Waals surface area contributed by atoms with Crippen LogP contribution >= 0.6 is 0 Å². The van der Waals surface area contributed by atoms with Crippen LogP contribution in [-0.4, -0.2) is 25.5 Å². The molecule has 0 radical (unpaired) electrons. The lowest BCUT2D eigenvalue weighted by Gasteiger charge is -2.12. The van der Waals surface area contributed by atoms with Crippen LogP contribution in [0.15, 0.2) is 108 Å². The maximum atomic E-state index is 13.2. The van der Waals surface area contributed by atoms with Gasteiger partial charge in [0.15, 0.2) is 0 Å². The molecule has 1 amide bonds. The number of halogens is 1. The summed E-state index contributed by atoms with van der Waals surface area (Å²) in [7, 11) is 0. The highest BCUT2D eigenvalue weighted by Crippen LogP contribution is 2.24. The van der Waals surface area contributed by atoms with Gasteiger partial charge in [-0.2, -0.15) is 14.9 Å². The number of hydrogen-bond acceptors (Lipinski definition) is 4. The zero-order chi connectivity index (χ0) is 24.9. The SMILES string of the molecule is O=C(NCc1ccccc1-c1ccc(Cn2cccn2)cc1)c1ccc(=O)n(-c2ccc(F)cc2)n1. The van der Waals surface area contributed by atoms with E-state index < -0.39 is 17.3 Å². The van der Waals surface area contributed by atoms with Crippen molar-refractivity contribution in [1.82, 2.24) is 24.9 Å². The van der Waals surface area contributed by atoms with E-state index in [0.717, 1.165) is 26.9 Å². The molecule has 0 aliphatic rings. The molecule has 5 rings (SSSR count). The minimum atomic E-state index is -0.424. The van der Waals surface area contributed by atoms with E-state index in [1.54, 1.807) is 6.20 Å². The maximum Gasteiger partial charge on any atom is 0.272 e. The molecule has 36 heavy (non-hydrogen) atoms. The molecule has 0 saturated carbocycles. The van der Waals surface area contributed by atoms with Gasteiger partial charge in [-0.05, 0) is 58.7 Å². The van der Waals surface area contributed by atoms with Gasteiger partial charge in [0.05, 0.1) is 12.2 Å². The van der Waals surface area contributed by atoms with Crippen LogP contribution in [0.2, 0.25) is 0 Å². The molecule has 178 valence electrons. The summed E-state index contributed by atoms with van der Waals surface area (Å²) in [6.07, 6.45) is 3.68. The third-order valence-corrected chi connectivity index (χ3v) is 5.73. The van der Waals surface area contributed by atoms with Crippen molar-refractivity contribution in [1.29, 1.82) is 0 Å². The van der Waals surface area contributed by atoms with Crippen molar-refractivity contribution in [3.8, 4) is 16.8 Å². The van der Waals surface area contributed by atoms with Gasteiger partial charge in [0.1, 0.15) is 11.5 Å². The topological polar surface area (TPSA) is 81.8 Å². The Labute approximate surface area is 206 Å². The van der Waals surface area contributed by atoms with Crippen molar-refractivity contribution in [3.63, 3.8) is 0 Å². The van der Waals surface area contributed by atoms with E-state index >= 15 is 0 Å². The predicted molar refractivity (Wildman–Crippen MR) is 134 cm³/mol. The Balaban J connectivity index is 1.31. The lowest BCUT2D eigenvalue weighted by molar-refractivity contribution is 0.0944. The highest BCUT2D eigenvalue weighted by molar-refractivity contribution is 5.92.